The van der Waals surface area contributed by atoms with E-state index in [0.717, 1.165) is 30.4 Å². The molecule has 1 fully saturated rings. The minimum Gasteiger partial charge on any atom is -0.489 e. The molecule has 0 bridgehead atoms. The van der Waals surface area contributed by atoms with Crippen LogP contribution in [0, 0.1) is 20.8 Å². The summed E-state index contributed by atoms with van der Waals surface area (Å²) in [7, 11) is 0. The molecule has 2 aromatic carbocycles. The molecule has 0 radical (unpaired) electrons. The molecule has 1 N–H and O–H groups in total. The second kappa shape index (κ2) is 7.99. The lowest BCUT2D eigenvalue weighted by Gasteiger charge is -2.37. The van der Waals surface area contributed by atoms with E-state index in [1.165, 1.54) is 22.3 Å². The van der Waals surface area contributed by atoms with Crippen LogP contribution in [0.2, 0.25) is 0 Å². The molecule has 2 aliphatic rings. The topological polar surface area (TPSA) is 64.6 Å². The Bertz CT molecular complexity index is 1000. The van der Waals surface area contributed by atoms with Crippen LogP contribution in [-0.4, -0.2) is 35.0 Å². The van der Waals surface area contributed by atoms with Gasteiger partial charge in [-0.25, -0.2) is 0 Å². The lowest BCUT2D eigenvalue weighted by atomic mass is 9.88. The van der Waals surface area contributed by atoms with Gasteiger partial charge in [-0.15, -0.1) is 0 Å². The zero-order valence-electron chi connectivity index (χ0n) is 17.8. The van der Waals surface area contributed by atoms with E-state index >= 15 is 0 Å². The summed E-state index contributed by atoms with van der Waals surface area (Å²) in [5.74, 6) is 1.67. The van der Waals surface area contributed by atoms with Gasteiger partial charge in [0.1, 0.15) is 23.7 Å². The smallest absolute Gasteiger partial charge is 0.279 e. The maximum Gasteiger partial charge on any atom is 0.279 e. The monoisotopic (exact) mass is 425 g/mol. The summed E-state index contributed by atoms with van der Waals surface area (Å²) < 4.78 is 12.5. The average molecular weight is 426 g/mol. The Morgan fingerprint density at radius 3 is 2.63 bits per heavy atom. The van der Waals surface area contributed by atoms with Gasteiger partial charge in [0.2, 0.25) is 0 Å². The Hall–Kier alpha value is -2.47. The summed E-state index contributed by atoms with van der Waals surface area (Å²) >= 11 is 1.05. The Balaban J connectivity index is 1.41. The highest BCUT2D eigenvalue weighted by molar-refractivity contribution is 8.15. The molecule has 0 aliphatic carbocycles. The van der Waals surface area contributed by atoms with E-state index in [1.807, 2.05) is 12.1 Å². The van der Waals surface area contributed by atoms with E-state index in [2.05, 4.69) is 39.1 Å². The third kappa shape index (κ3) is 4.06. The molecule has 6 heteroatoms. The average Bonchev–Trinajstić information content (AvgIpc) is 3.17. The van der Waals surface area contributed by atoms with Crippen molar-refractivity contribution in [2.24, 2.45) is 0 Å². The first-order valence-electron chi connectivity index (χ1n) is 10.3. The van der Waals surface area contributed by atoms with Crippen molar-refractivity contribution in [3.63, 3.8) is 0 Å². The first kappa shape index (κ1) is 20.8. The molecule has 0 aromatic heterocycles. The molecular formula is C24H27NO4S. The maximum absolute atomic E-state index is 12.5. The number of rotatable bonds is 5. The molecule has 2 atom stereocenters. The zero-order valence-corrected chi connectivity index (χ0v) is 18.7. The molecule has 1 amide bonds. The predicted octanol–water partition coefficient (Wildman–Crippen LogP) is 4.78. The van der Waals surface area contributed by atoms with Crippen molar-refractivity contribution >= 4 is 22.8 Å². The fourth-order valence-corrected chi connectivity index (χ4v) is 4.85. The first-order chi connectivity index (χ1) is 14.3. The minimum atomic E-state index is -0.404. The van der Waals surface area contributed by atoms with E-state index in [4.69, 9.17) is 9.47 Å². The van der Waals surface area contributed by atoms with Crippen LogP contribution in [0.3, 0.4) is 0 Å². The van der Waals surface area contributed by atoms with Crippen LogP contribution in [0.1, 0.15) is 46.0 Å². The summed E-state index contributed by atoms with van der Waals surface area (Å²) in [6, 6.07) is 9.37. The Labute approximate surface area is 181 Å². The van der Waals surface area contributed by atoms with Crippen molar-refractivity contribution in [3.8, 4) is 11.5 Å². The molecule has 0 saturated carbocycles. The maximum atomic E-state index is 12.5. The number of ketones is 1. The number of carbonyl (C=O) groups excluding carboxylic acids is 2. The number of amides is 1. The molecule has 30 heavy (non-hydrogen) atoms. The second-order valence-corrected chi connectivity index (χ2v) is 9.62. The molecular weight excluding hydrogens is 398 g/mol. The number of benzene rings is 2. The van der Waals surface area contributed by atoms with Gasteiger partial charge in [-0.3, -0.25) is 9.59 Å². The van der Waals surface area contributed by atoms with E-state index in [-0.39, 0.29) is 16.3 Å². The van der Waals surface area contributed by atoms with Crippen molar-refractivity contribution in [2.45, 2.75) is 51.4 Å². The number of ether oxygens (including phenoxy) is 2. The van der Waals surface area contributed by atoms with Gasteiger partial charge in [0, 0.05) is 12.1 Å². The third-order valence-corrected chi connectivity index (χ3v) is 7.05. The van der Waals surface area contributed by atoms with Crippen LogP contribution in [0.5, 0.6) is 11.5 Å². The largest absolute Gasteiger partial charge is 0.489 e. The molecule has 0 spiro atoms. The van der Waals surface area contributed by atoms with Crippen LogP contribution in [-0.2, 0) is 6.42 Å². The van der Waals surface area contributed by atoms with Gasteiger partial charge in [0.05, 0.1) is 5.25 Å². The van der Waals surface area contributed by atoms with Crippen LogP contribution < -0.4 is 14.8 Å². The van der Waals surface area contributed by atoms with Gasteiger partial charge in [0.25, 0.3) is 5.24 Å². The lowest BCUT2D eigenvalue weighted by molar-refractivity contribution is 0.0167. The van der Waals surface area contributed by atoms with Gasteiger partial charge in [-0.1, -0.05) is 17.8 Å². The van der Waals surface area contributed by atoms with E-state index in [9.17, 15) is 9.59 Å². The van der Waals surface area contributed by atoms with Crippen LogP contribution >= 0.6 is 11.8 Å². The summed E-state index contributed by atoms with van der Waals surface area (Å²) in [6.07, 6.45) is 1.86. The molecule has 4 rings (SSSR count). The number of hydrogen-bond acceptors (Lipinski definition) is 5. The molecule has 158 valence electrons. The fraction of sp³-hybridized carbons (Fsp3) is 0.417. The molecule has 2 aliphatic heterocycles. The van der Waals surface area contributed by atoms with Crippen LogP contribution in [0.4, 0.5) is 4.79 Å². The van der Waals surface area contributed by atoms with Gasteiger partial charge >= 0.3 is 0 Å². The van der Waals surface area contributed by atoms with Crippen molar-refractivity contribution in [1.82, 2.24) is 5.32 Å². The second-order valence-electron chi connectivity index (χ2n) is 8.45. The SMILES string of the molecule is Cc1cc(C)c2c(c1C)OC(C)(COc1ccc(C(=O)C3CNC(=O)S3)cc1)CC2. The quantitative estimate of drug-likeness (QED) is 0.699. The summed E-state index contributed by atoms with van der Waals surface area (Å²) in [5.41, 5.74) is 5.21. The number of fused-ring (bicyclic) bond motifs is 1. The first-order valence-corrected chi connectivity index (χ1v) is 11.1. The highest BCUT2D eigenvalue weighted by Crippen LogP contribution is 2.39. The summed E-state index contributed by atoms with van der Waals surface area (Å²) in [4.78, 5) is 23.8. The van der Waals surface area contributed by atoms with E-state index in [1.54, 1.807) is 12.1 Å². The van der Waals surface area contributed by atoms with Crippen LogP contribution in [0.25, 0.3) is 0 Å². The third-order valence-electron chi connectivity index (χ3n) is 6.02. The van der Waals surface area contributed by atoms with Crippen molar-refractivity contribution < 1.29 is 19.1 Å². The molecule has 2 heterocycles. The van der Waals surface area contributed by atoms with Crippen molar-refractivity contribution in [3.05, 3.63) is 58.1 Å². The number of thioether (sulfide) groups is 1. The fourth-order valence-electron chi connectivity index (χ4n) is 4.01. The van der Waals surface area contributed by atoms with Gasteiger partial charge in [0.15, 0.2) is 5.78 Å². The van der Waals surface area contributed by atoms with E-state index in [0.29, 0.717) is 24.5 Å². The van der Waals surface area contributed by atoms with Gasteiger partial charge in [-0.05, 0) is 87.1 Å². The molecule has 1 saturated heterocycles. The predicted molar refractivity (Wildman–Crippen MR) is 119 cm³/mol. The Kier molecular flexibility index (Phi) is 5.53. The highest BCUT2D eigenvalue weighted by atomic mass is 32.2. The standard InChI is InChI=1S/C24H27NO4S/c1-14-11-15(2)19-9-10-24(4,29-22(19)16(14)3)13-28-18-7-5-17(6-8-18)21(26)20-12-25-23(27)30-20/h5-8,11,20H,9-10,12-13H2,1-4H3,(H,25,27). The lowest BCUT2D eigenvalue weighted by Crippen LogP contribution is -2.42. The number of carbonyl (C=O) groups is 2. The number of aryl methyl sites for hydroxylation is 2. The normalized spacial score (nSPS) is 22.8. The molecule has 2 unspecified atom stereocenters. The number of Topliss-reactive ketones (excluding diaryl/α,β-unsaturated/α-hetero) is 1. The van der Waals surface area contributed by atoms with Crippen molar-refractivity contribution in [2.75, 3.05) is 13.2 Å². The Morgan fingerprint density at radius 1 is 1.23 bits per heavy atom. The van der Waals surface area contributed by atoms with E-state index < -0.39 is 5.60 Å². The zero-order chi connectivity index (χ0) is 21.5. The minimum absolute atomic E-state index is 0.0368. The number of hydrogen-bond donors (Lipinski definition) is 1. The molecule has 5 nitrogen and oxygen atoms in total. The van der Waals surface area contributed by atoms with Gasteiger partial charge < -0.3 is 14.8 Å². The van der Waals surface area contributed by atoms with Gasteiger partial charge in [-0.2, -0.15) is 0 Å². The van der Waals surface area contributed by atoms with Crippen LogP contribution in [0.15, 0.2) is 30.3 Å². The summed E-state index contributed by atoms with van der Waals surface area (Å²) in [5, 5.41) is 2.18. The summed E-state index contributed by atoms with van der Waals surface area (Å²) in [6.45, 7) is 9.28. The molecule has 2 aromatic rings. The van der Waals surface area contributed by atoms with Crippen molar-refractivity contribution in [1.29, 1.82) is 0 Å². The highest BCUT2D eigenvalue weighted by Gasteiger charge is 2.34. The number of nitrogens with one attached hydrogen (secondary N) is 1. The Morgan fingerprint density at radius 2 is 1.97 bits per heavy atom.